The molecule has 2 aromatic heterocycles. The number of allylic oxidation sites excluding steroid dienone is 2. The van der Waals surface area contributed by atoms with Gasteiger partial charge in [0.15, 0.2) is 17.1 Å². The summed E-state index contributed by atoms with van der Waals surface area (Å²) in [7, 11) is 1.30. The minimum atomic E-state index is -2.50. The SMILES string of the molecule is C/C=C\CC.CC.CCCCn1c2c(c(C)c(C#N)c1=O)N=Nc1cc([N+](=O)[O-])ccc1CC1(Oc3ccc([N+](=O)[O-])cc3N=Nc3c(C)c(C#N)c(=O)n(C)c3O1)O2. The van der Waals surface area contributed by atoms with Crippen LogP contribution in [0.1, 0.15) is 81.7 Å². The summed E-state index contributed by atoms with van der Waals surface area (Å²) < 4.78 is 21.9. The van der Waals surface area contributed by atoms with Gasteiger partial charge in [-0.1, -0.05) is 46.3 Å². The van der Waals surface area contributed by atoms with E-state index in [1.807, 2.05) is 39.8 Å². The van der Waals surface area contributed by atoms with Gasteiger partial charge in [-0.05, 0) is 51.3 Å². The van der Waals surface area contributed by atoms with Crippen LogP contribution < -0.4 is 25.3 Å². The number of nitrogens with zero attached hydrogens (tertiary/aromatic N) is 10. The fourth-order valence-electron chi connectivity index (χ4n) is 5.89. The van der Waals surface area contributed by atoms with E-state index in [-0.39, 0.29) is 86.0 Å². The van der Waals surface area contributed by atoms with E-state index in [1.54, 1.807) is 0 Å². The number of pyridine rings is 2. The van der Waals surface area contributed by atoms with E-state index in [0.29, 0.717) is 12.8 Å². The Bertz CT molecular complexity index is 2590. The van der Waals surface area contributed by atoms with Crippen molar-refractivity contribution < 1.29 is 24.1 Å². The zero-order chi connectivity index (χ0) is 43.6. The minimum Gasteiger partial charge on any atom is -0.418 e. The molecule has 0 N–H and O–H groups in total. The van der Waals surface area contributed by atoms with Crippen molar-refractivity contribution in [1.82, 2.24) is 9.13 Å². The number of ether oxygens (including phenoxy) is 3. The molecule has 0 amide bonds. The maximum Gasteiger partial charge on any atom is 0.424 e. The largest absolute Gasteiger partial charge is 0.424 e. The van der Waals surface area contributed by atoms with Gasteiger partial charge < -0.3 is 14.2 Å². The molecule has 0 saturated heterocycles. The first-order valence-corrected chi connectivity index (χ1v) is 18.6. The Hall–Kier alpha value is -7.54. The number of nitro groups is 2. The standard InChI is InChI=1S/C33H26N10O9.C5H10.C2H6/c1-5-6-11-41-30(45)23(16-35)18(3)28-32(41)52-33(14-19-7-8-20(42(46)47)12-24(19)36-39-28)50-26-10-9-21(43(48)49)13-25(26)37-38-27-17(2)22(15-34)29(44)40(4)31(27)51-33;1-3-5-4-2;1-2/h7-10,12-13H,5-6,11,14H2,1-4H3;3,5H,4H2,1-2H3;1-2H3/b;5-3-;. The van der Waals surface area contributed by atoms with Gasteiger partial charge in [0.1, 0.15) is 29.0 Å². The van der Waals surface area contributed by atoms with Crippen LogP contribution in [0.25, 0.3) is 0 Å². The van der Waals surface area contributed by atoms with Crippen molar-refractivity contribution >= 4 is 34.1 Å². The Labute approximate surface area is 338 Å². The quantitative estimate of drug-likeness (QED) is 0.101. The van der Waals surface area contributed by atoms with Gasteiger partial charge in [-0.25, -0.2) is 0 Å². The van der Waals surface area contributed by atoms with Crippen molar-refractivity contribution in [2.45, 2.75) is 86.7 Å². The molecule has 0 fully saturated rings. The predicted molar refractivity (Wildman–Crippen MR) is 216 cm³/mol. The van der Waals surface area contributed by atoms with Crippen molar-refractivity contribution in [2.75, 3.05) is 0 Å². The molecule has 6 rings (SSSR count). The number of azo groups is 2. The van der Waals surface area contributed by atoms with Crippen LogP contribution >= 0.6 is 0 Å². The third kappa shape index (κ3) is 9.04. The number of hydrogen-bond donors (Lipinski definition) is 0. The molecule has 1 spiro atoms. The predicted octanol–water partition coefficient (Wildman–Crippen LogP) is 9.41. The van der Waals surface area contributed by atoms with Gasteiger partial charge >= 0.3 is 5.97 Å². The fraction of sp³-hybridized carbons (Fsp3) is 0.350. The average molecular weight is 807 g/mol. The first-order chi connectivity index (χ1) is 28.2. The summed E-state index contributed by atoms with van der Waals surface area (Å²) in [5.41, 5.74) is -2.93. The minimum absolute atomic E-state index is 0.0316. The molecule has 306 valence electrons. The zero-order valence-corrected chi connectivity index (χ0v) is 33.8. The molecule has 59 heavy (non-hydrogen) atoms. The zero-order valence-electron chi connectivity index (χ0n) is 33.8. The number of nitro benzene ring substituents is 2. The maximum absolute atomic E-state index is 13.8. The van der Waals surface area contributed by atoms with Crippen LogP contribution in [-0.2, 0) is 20.0 Å². The lowest BCUT2D eigenvalue weighted by molar-refractivity contribution is -0.385. The molecule has 1 atom stereocenters. The third-order valence-corrected chi connectivity index (χ3v) is 8.95. The fourth-order valence-corrected chi connectivity index (χ4v) is 5.89. The molecule has 0 bridgehead atoms. The van der Waals surface area contributed by atoms with E-state index in [1.165, 1.54) is 43.7 Å². The summed E-state index contributed by atoms with van der Waals surface area (Å²) in [4.78, 5) is 49.6. The van der Waals surface area contributed by atoms with E-state index in [0.717, 1.165) is 29.2 Å². The Kier molecular flexibility index (Phi) is 14.3. The van der Waals surface area contributed by atoms with Crippen LogP contribution in [0.2, 0.25) is 0 Å². The molecule has 4 heterocycles. The van der Waals surface area contributed by atoms with Gasteiger partial charge in [-0.15, -0.1) is 20.5 Å². The lowest BCUT2D eigenvalue weighted by Gasteiger charge is -2.35. The molecule has 2 aliphatic heterocycles. The molecular weight excluding hydrogens is 765 g/mol. The number of non-ortho nitro benzene ring substituents is 2. The molecule has 0 saturated carbocycles. The molecule has 2 aromatic carbocycles. The van der Waals surface area contributed by atoms with Gasteiger partial charge in [0.25, 0.3) is 22.5 Å². The summed E-state index contributed by atoms with van der Waals surface area (Å²) in [5, 5.41) is 60.6. The Morgan fingerprint density at radius 1 is 0.831 bits per heavy atom. The van der Waals surface area contributed by atoms with Crippen LogP contribution in [-0.4, -0.2) is 25.0 Å². The average Bonchev–Trinajstić information content (AvgIpc) is 3.33. The topological polar surface area (TPSA) is 255 Å². The van der Waals surface area contributed by atoms with E-state index >= 15 is 0 Å². The van der Waals surface area contributed by atoms with Gasteiger partial charge in [-0.2, -0.15) is 10.5 Å². The maximum atomic E-state index is 13.8. The van der Waals surface area contributed by atoms with Gasteiger partial charge in [-0.3, -0.25) is 39.0 Å². The molecule has 19 nitrogen and oxygen atoms in total. The van der Waals surface area contributed by atoms with Crippen LogP contribution in [0.15, 0.2) is 78.6 Å². The first kappa shape index (κ1) is 44.2. The van der Waals surface area contributed by atoms with Gasteiger partial charge in [0.2, 0.25) is 11.8 Å². The van der Waals surface area contributed by atoms with E-state index in [4.69, 9.17) is 14.2 Å². The lowest BCUT2D eigenvalue weighted by atomic mass is 10.1. The van der Waals surface area contributed by atoms with Crippen molar-refractivity contribution in [2.24, 2.45) is 27.5 Å². The molecule has 0 radical (unpaired) electrons. The lowest BCUT2D eigenvalue weighted by Crippen LogP contribution is -2.52. The van der Waals surface area contributed by atoms with Crippen LogP contribution in [0.4, 0.5) is 34.1 Å². The molecule has 4 aromatic rings. The van der Waals surface area contributed by atoms with Crippen molar-refractivity contribution in [3.05, 3.63) is 117 Å². The van der Waals surface area contributed by atoms with E-state index in [9.17, 15) is 40.3 Å². The summed E-state index contributed by atoms with van der Waals surface area (Å²) >= 11 is 0. The van der Waals surface area contributed by atoms with Crippen LogP contribution in [0.3, 0.4) is 0 Å². The number of rotatable bonds is 6. The molecule has 19 heteroatoms. The molecule has 0 aliphatic carbocycles. The van der Waals surface area contributed by atoms with Gasteiger partial charge in [0, 0.05) is 49.0 Å². The highest BCUT2D eigenvalue weighted by Crippen LogP contribution is 2.46. The Morgan fingerprint density at radius 3 is 1.92 bits per heavy atom. The van der Waals surface area contributed by atoms with E-state index in [2.05, 4.69) is 39.5 Å². The van der Waals surface area contributed by atoms with Crippen molar-refractivity contribution in [3.63, 3.8) is 0 Å². The number of fused-ring (bicyclic) bond motifs is 4. The number of unbranched alkanes of at least 4 members (excludes halogenated alkanes) is 1. The second-order valence-corrected chi connectivity index (χ2v) is 12.7. The number of benzene rings is 2. The molecule has 2 aliphatic rings. The highest BCUT2D eigenvalue weighted by molar-refractivity contribution is 5.64. The summed E-state index contributed by atoms with van der Waals surface area (Å²) in [5.74, 6) is -3.26. The van der Waals surface area contributed by atoms with Crippen LogP contribution in [0, 0.1) is 56.7 Å². The number of nitriles is 2. The summed E-state index contributed by atoms with van der Waals surface area (Å²) in [6, 6.07) is 10.9. The molecular formula is C40H42N10O9. The Balaban J connectivity index is 0.00000102. The summed E-state index contributed by atoms with van der Waals surface area (Å²) in [6.07, 6.45) is 5.93. The highest BCUT2D eigenvalue weighted by atomic mass is 16.9. The smallest absolute Gasteiger partial charge is 0.418 e. The third-order valence-electron chi connectivity index (χ3n) is 8.95. The summed E-state index contributed by atoms with van der Waals surface area (Å²) in [6.45, 7) is 13.0. The second kappa shape index (κ2) is 19.1. The van der Waals surface area contributed by atoms with Crippen molar-refractivity contribution in [3.8, 4) is 29.6 Å². The monoisotopic (exact) mass is 806 g/mol. The Morgan fingerprint density at radius 2 is 1.37 bits per heavy atom. The van der Waals surface area contributed by atoms with Gasteiger partial charge in [0.05, 0.1) is 22.0 Å². The van der Waals surface area contributed by atoms with Crippen LogP contribution in [0.5, 0.6) is 17.5 Å². The number of aromatic nitrogens is 2. The first-order valence-electron chi connectivity index (χ1n) is 18.6. The normalized spacial score (nSPS) is 14.6. The molecule has 1 unspecified atom stereocenters. The van der Waals surface area contributed by atoms with Crippen molar-refractivity contribution in [1.29, 1.82) is 10.5 Å². The van der Waals surface area contributed by atoms with E-state index < -0.39 is 33.4 Å². The highest BCUT2D eigenvalue weighted by Gasteiger charge is 2.46. The number of hydrogen-bond acceptors (Lipinski definition) is 15. The second-order valence-electron chi connectivity index (χ2n) is 12.7.